The van der Waals surface area contributed by atoms with Crippen molar-refractivity contribution < 1.29 is 0 Å². The lowest BCUT2D eigenvalue weighted by molar-refractivity contribution is 0.118. The molecule has 0 radical (unpaired) electrons. The first-order chi connectivity index (χ1) is 9.48. The lowest BCUT2D eigenvalue weighted by atomic mass is 9.65. The fourth-order valence-electron chi connectivity index (χ4n) is 5.84. The van der Waals surface area contributed by atoms with Crippen LogP contribution in [0.2, 0.25) is 18.6 Å². The highest BCUT2D eigenvalue weighted by Gasteiger charge is 2.49. The van der Waals surface area contributed by atoms with Crippen molar-refractivity contribution in [1.82, 2.24) is 0 Å². The number of hydrogen-bond acceptors (Lipinski definition) is 0. The van der Waals surface area contributed by atoms with E-state index < -0.39 is 7.38 Å². The molecule has 0 spiro atoms. The van der Waals surface area contributed by atoms with Gasteiger partial charge in [0, 0.05) is 0 Å². The van der Waals surface area contributed by atoms with E-state index in [1.807, 2.05) is 0 Å². The van der Waals surface area contributed by atoms with Gasteiger partial charge < -0.3 is 0 Å². The molecule has 0 N–H and O–H groups in total. The summed E-state index contributed by atoms with van der Waals surface area (Å²) >= 11 is 6.89. The van der Waals surface area contributed by atoms with E-state index in [0.29, 0.717) is 0 Å². The summed E-state index contributed by atoms with van der Waals surface area (Å²) in [5.41, 5.74) is 2.40. The van der Waals surface area contributed by atoms with Gasteiger partial charge in [-0.15, -0.1) is 0 Å². The summed E-state index contributed by atoms with van der Waals surface area (Å²) < 4.78 is 0. The molecular weight excluding hydrogens is 280 g/mol. The summed E-state index contributed by atoms with van der Waals surface area (Å²) in [5.74, 6) is 3.79. The zero-order valence-electron chi connectivity index (χ0n) is 13.5. The molecule has 3 rings (SSSR count). The minimum atomic E-state index is -1.57. The third-order valence-electron chi connectivity index (χ3n) is 6.43. The van der Waals surface area contributed by atoms with Gasteiger partial charge in [0.25, 0.3) is 0 Å². The second kappa shape index (κ2) is 5.80. The quantitative estimate of drug-likeness (QED) is 0.315. The Morgan fingerprint density at radius 3 is 2.25 bits per heavy atom. The van der Waals surface area contributed by atoms with Crippen LogP contribution in [0.25, 0.3) is 0 Å². The van der Waals surface area contributed by atoms with E-state index in [4.69, 9.17) is 11.1 Å². The Kier molecular flexibility index (Phi) is 4.39. The smallest absolute Gasteiger partial charge is 0.157 e. The Morgan fingerprint density at radius 2 is 1.60 bits per heavy atom. The zero-order valence-corrected chi connectivity index (χ0v) is 15.3. The van der Waals surface area contributed by atoms with Crippen molar-refractivity contribution in [2.75, 3.05) is 0 Å². The SMILES string of the molecule is CC1=CC2C(C3CCCCC3)CCCC2C1[Si](C)(C)Cl. The molecule has 2 fully saturated rings. The predicted octanol–water partition coefficient (Wildman–Crippen LogP) is 6.37. The molecule has 0 aromatic heterocycles. The van der Waals surface area contributed by atoms with E-state index in [1.54, 1.807) is 5.57 Å². The molecule has 0 amide bonds. The fourth-order valence-corrected chi connectivity index (χ4v) is 9.42. The van der Waals surface area contributed by atoms with Gasteiger partial charge in [-0.1, -0.05) is 63.3 Å². The molecule has 4 unspecified atom stereocenters. The Hall–Kier alpha value is 0.247. The summed E-state index contributed by atoms with van der Waals surface area (Å²) in [4.78, 5) is 0. The number of rotatable bonds is 2. The molecule has 2 heteroatoms. The number of allylic oxidation sites excluding steroid dienone is 2. The summed E-state index contributed by atoms with van der Waals surface area (Å²) in [6, 6.07) is 0. The van der Waals surface area contributed by atoms with Gasteiger partial charge in [-0.3, -0.25) is 0 Å². The van der Waals surface area contributed by atoms with Crippen molar-refractivity contribution >= 4 is 18.5 Å². The van der Waals surface area contributed by atoms with E-state index in [0.717, 1.165) is 29.2 Å². The van der Waals surface area contributed by atoms with Crippen LogP contribution in [0.1, 0.15) is 58.3 Å². The maximum atomic E-state index is 6.89. The topological polar surface area (TPSA) is 0 Å². The minimum absolute atomic E-state index is 0.751. The van der Waals surface area contributed by atoms with E-state index in [2.05, 4.69) is 26.1 Å². The standard InChI is InChI=1S/C18H31ClSi/c1-13-12-17-15(14-8-5-4-6-9-14)10-7-11-16(17)18(13)20(2,3)19/h12,14-18H,4-11H2,1-3H3. The molecule has 0 heterocycles. The van der Waals surface area contributed by atoms with Crippen LogP contribution in [-0.2, 0) is 0 Å². The maximum absolute atomic E-state index is 6.89. The summed E-state index contributed by atoms with van der Waals surface area (Å²) in [5, 5.41) is 0. The molecule has 3 aliphatic rings. The predicted molar refractivity (Wildman–Crippen MR) is 91.7 cm³/mol. The molecular formula is C18H31ClSi. The van der Waals surface area contributed by atoms with Crippen molar-refractivity contribution in [3.05, 3.63) is 11.6 Å². The third-order valence-corrected chi connectivity index (χ3v) is 9.50. The van der Waals surface area contributed by atoms with Crippen LogP contribution < -0.4 is 0 Å². The molecule has 0 nitrogen and oxygen atoms in total. The molecule has 3 aliphatic carbocycles. The van der Waals surface area contributed by atoms with Crippen molar-refractivity contribution in [1.29, 1.82) is 0 Å². The van der Waals surface area contributed by atoms with Crippen LogP contribution in [-0.4, -0.2) is 7.38 Å². The van der Waals surface area contributed by atoms with E-state index >= 15 is 0 Å². The first-order valence-electron chi connectivity index (χ1n) is 8.85. The van der Waals surface area contributed by atoms with Crippen molar-refractivity contribution in [3.63, 3.8) is 0 Å². The van der Waals surface area contributed by atoms with E-state index in [9.17, 15) is 0 Å². The average molecular weight is 311 g/mol. The van der Waals surface area contributed by atoms with Crippen molar-refractivity contribution in [2.45, 2.75) is 76.9 Å². The van der Waals surface area contributed by atoms with Crippen LogP contribution in [0.15, 0.2) is 11.6 Å². The molecule has 0 saturated heterocycles. The van der Waals surface area contributed by atoms with Gasteiger partial charge in [0.2, 0.25) is 0 Å². The molecule has 0 aliphatic heterocycles. The molecule has 0 aromatic carbocycles. The van der Waals surface area contributed by atoms with Gasteiger partial charge in [-0.2, -0.15) is 11.1 Å². The Bertz CT molecular complexity index is 375. The Balaban J connectivity index is 1.80. The first-order valence-corrected chi connectivity index (χ1v) is 12.9. The van der Waals surface area contributed by atoms with Gasteiger partial charge >= 0.3 is 0 Å². The van der Waals surface area contributed by atoms with Gasteiger partial charge in [-0.05, 0) is 49.0 Å². The molecule has 20 heavy (non-hydrogen) atoms. The molecule has 0 aromatic rings. The fraction of sp³-hybridized carbons (Fsp3) is 0.889. The minimum Gasteiger partial charge on any atom is -0.167 e. The maximum Gasteiger partial charge on any atom is 0.157 e. The van der Waals surface area contributed by atoms with Crippen LogP contribution in [0, 0.1) is 23.7 Å². The highest BCUT2D eigenvalue weighted by molar-refractivity contribution is 7.20. The molecule has 114 valence electrons. The first kappa shape index (κ1) is 15.2. The van der Waals surface area contributed by atoms with Crippen LogP contribution >= 0.6 is 11.1 Å². The summed E-state index contributed by atoms with van der Waals surface area (Å²) in [6.07, 6.45) is 14.5. The lowest BCUT2D eigenvalue weighted by Gasteiger charge is -2.43. The van der Waals surface area contributed by atoms with Gasteiger partial charge in [0.1, 0.15) is 0 Å². The van der Waals surface area contributed by atoms with Crippen molar-refractivity contribution in [3.8, 4) is 0 Å². The van der Waals surface area contributed by atoms with Crippen molar-refractivity contribution in [2.24, 2.45) is 23.7 Å². The van der Waals surface area contributed by atoms with Gasteiger partial charge in [0.05, 0.1) is 0 Å². The largest absolute Gasteiger partial charge is 0.167 e. The van der Waals surface area contributed by atoms with E-state index in [-0.39, 0.29) is 0 Å². The number of halogens is 1. The molecule has 4 atom stereocenters. The number of hydrogen-bond donors (Lipinski definition) is 0. The third kappa shape index (κ3) is 2.77. The molecule has 0 bridgehead atoms. The zero-order chi connectivity index (χ0) is 14.3. The van der Waals surface area contributed by atoms with Gasteiger partial charge in [0.15, 0.2) is 7.38 Å². The van der Waals surface area contributed by atoms with Crippen LogP contribution in [0.5, 0.6) is 0 Å². The number of fused-ring (bicyclic) bond motifs is 1. The lowest BCUT2D eigenvalue weighted by Crippen LogP contribution is -2.37. The second-order valence-corrected chi connectivity index (χ2v) is 14.9. The second-order valence-electron chi connectivity index (χ2n) is 8.19. The average Bonchev–Trinajstić information content (AvgIpc) is 2.75. The summed E-state index contributed by atoms with van der Waals surface area (Å²) in [7, 11) is -1.57. The Labute approximate surface area is 131 Å². The Morgan fingerprint density at radius 1 is 0.950 bits per heavy atom. The highest BCUT2D eigenvalue weighted by atomic mass is 35.6. The van der Waals surface area contributed by atoms with Crippen LogP contribution in [0.4, 0.5) is 0 Å². The van der Waals surface area contributed by atoms with Gasteiger partial charge in [-0.25, -0.2) is 0 Å². The monoisotopic (exact) mass is 310 g/mol. The van der Waals surface area contributed by atoms with Crippen LogP contribution in [0.3, 0.4) is 0 Å². The van der Waals surface area contributed by atoms with E-state index in [1.165, 1.54) is 51.4 Å². The highest BCUT2D eigenvalue weighted by Crippen LogP contribution is 2.57. The molecule has 2 saturated carbocycles. The normalized spacial score (nSPS) is 39.5. The summed E-state index contributed by atoms with van der Waals surface area (Å²) in [6.45, 7) is 7.10.